The number of carbonyl (C=O) groups is 3. The molecule has 2 bridgehead atoms. The van der Waals surface area contributed by atoms with E-state index in [1.165, 1.54) is 11.1 Å². The monoisotopic (exact) mass is 672 g/mol. The number of piperidine rings is 1. The summed E-state index contributed by atoms with van der Waals surface area (Å²) in [5.41, 5.74) is 8.60. The van der Waals surface area contributed by atoms with Crippen LogP contribution in [0.3, 0.4) is 0 Å². The molecule has 266 valence electrons. The Labute approximate surface area is 291 Å². The molecule has 2 fully saturated rings. The van der Waals surface area contributed by atoms with Crippen molar-refractivity contribution in [3.8, 4) is 5.75 Å². The summed E-state index contributed by atoms with van der Waals surface area (Å²) < 4.78 is 0. The number of amides is 3. The smallest absolute Gasteiger partial charge is 0.242 e. The fraction of sp³-hybridized carbons (Fsp3) is 0.590. The van der Waals surface area contributed by atoms with Gasteiger partial charge in [0.2, 0.25) is 17.7 Å². The third-order valence-electron chi connectivity index (χ3n) is 11.4. The summed E-state index contributed by atoms with van der Waals surface area (Å²) in [6, 6.07) is 15.4. The lowest BCUT2D eigenvalue weighted by molar-refractivity contribution is -0.130. The molecule has 3 aliphatic rings. The molecule has 2 aliphatic carbocycles. The van der Waals surface area contributed by atoms with Crippen molar-refractivity contribution >= 4 is 23.6 Å². The van der Waals surface area contributed by atoms with Crippen molar-refractivity contribution in [1.82, 2.24) is 20.9 Å². The average Bonchev–Trinajstić information content (AvgIpc) is 3.81. The molecule has 6 atom stereocenters. The molecule has 10 heteroatoms. The molecule has 1 aliphatic heterocycles. The van der Waals surface area contributed by atoms with Gasteiger partial charge in [-0.15, -0.1) is 0 Å². The number of likely N-dealkylation sites (tertiary alicyclic amines) is 1. The molecule has 0 aromatic heterocycles. The van der Waals surface area contributed by atoms with E-state index >= 15 is 0 Å². The van der Waals surface area contributed by atoms with Crippen LogP contribution in [0.15, 0.2) is 53.5 Å². The van der Waals surface area contributed by atoms with Gasteiger partial charge in [-0.2, -0.15) is 0 Å². The van der Waals surface area contributed by atoms with Crippen LogP contribution in [-0.4, -0.2) is 78.4 Å². The second-order valence-corrected chi connectivity index (χ2v) is 15.1. The lowest BCUT2D eigenvalue weighted by Crippen LogP contribution is -2.58. The molecule has 0 radical (unpaired) electrons. The minimum Gasteiger partial charge on any atom is -0.508 e. The number of phenols is 1. The minimum absolute atomic E-state index is 0.000364. The van der Waals surface area contributed by atoms with E-state index in [0.717, 1.165) is 37.9 Å². The standard InChI is InChI=1S/C39H56N6O4/c1-6-34(40)41-16-10-17-42-36(48)32(19-25(2)3)44-35(47)23-43-37(49)39(28-11-8-7-9-12-28)22-29(39)24-45-18-15-38(5)26(4)33(45)20-27-13-14-30(46)21-31(27)38/h7-9,11-14,21,25-26,29,32-33,46H,6,10,15-20,22-24H2,1-5H3,(H2,40,41)(H,42,48)(H,43,49)(H,44,47)/t26?,29?,32?,33?,38-,39+/m1/s1. The number of nitrogens with zero attached hydrogens (tertiary/aromatic N) is 2. The molecule has 2 aromatic carbocycles. The van der Waals surface area contributed by atoms with Gasteiger partial charge in [0.25, 0.3) is 0 Å². The number of benzene rings is 2. The van der Waals surface area contributed by atoms with Crippen molar-refractivity contribution in [2.45, 2.75) is 96.1 Å². The molecule has 1 saturated carbocycles. The van der Waals surface area contributed by atoms with E-state index in [-0.39, 0.29) is 41.5 Å². The summed E-state index contributed by atoms with van der Waals surface area (Å²) in [6.07, 6.45) is 4.47. The van der Waals surface area contributed by atoms with E-state index in [4.69, 9.17) is 5.73 Å². The zero-order valence-electron chi connectivity index (χ0n) is 29.9. The molecule has 6 N–H and O–H groups in total. The molecular weight excluding hydrogens is 616 g/mol. The van der Waals surface area contributed by atoms with Crippen LogP contribution in [0.1, 0.15) is 83.4 Å². The van der Waals surface area contributed by atoms with Crippen LogP contribution < -0.4 is 21.7 Å². The molecular formula is C39H56N6O4. The number of fused-ring (bicyclic) bond motifs is 4. The quantitative estimate of drug-likeness (QED) is 0.110. The lowest BCUT2D eigenvalue weighted by Gasteiger charge is -2.55. The lowest BCUT2D eigenvalue weighted by atomic mass is 9.59. The zero-order chi connectivity index (χ0) is 35.3. The second kappa shape index (κ2) is 15.3. The van der Waals surface area contributed by atoms with E-state index in [0.29, 0.717) is 55.9 Å². The maximum absolute atomic E-state index is 14.0. The molecule has 0 spiro atoms. The van der Waals surface area contributed by atoms with Gasteiger partial charge in [-0.3, -0.25) is 24.3 Å². The van der Waals surface area contributed by atoms with Crippen molar-refractivity contribution < 1.29 is 19.5 Å². The highest BCUT2D eigenvalue weighted by Gasteiger charge is 2.62. The highest BCUT2D eigenvalue weighted by molar-refractivity contribution is 5.95. The maximum atomic E-state index is 14.0. The molecule has 49 heavy (non-hydrogen) atoms. The fourth-order valence-electron chi connectivity index (χ4n) is 8.27. The first-order valence-corrected chi connectivity index (χ1v) is 18.1. The first-order valence-electron chi connectivity index (χ1n) is 18.1. The van der Waals surface area contributed by atoms with Gasteiger partial charge in [0.05, 0.1) is 17.8 Å². The first-order chi connectivity index (χ1) is 23.4. The highest BCUT2D eigenvalue weighted by Crippen LogP contribution is 2.56. The van der Waals surface area contributed by atoms with E-state index in [1.807, 2.05) is 57.2 Å². The van der Waals surface area contributed by atoms with Crippen molar-refractivity contribution in [3.05, 3.63) is 65.2 Å². The minimum atomic E-state index is -0.706. The average molecular weight is 673 g/mol. The number of carbonyl (C=O) groups excluding carboxylic acids is 3. The SMILES string of the molecule is CCC(N)=NCCCNC(=O)C(CC(C)C)NC(=O)CNC(=O)[C@]1(c2ccccc2)CC1CN1CC[C@@]2(C)c3cc(O)ccc3CC1C2C. The zero-order valence-corrected chi connectivity index (χ0v) is 29.9. The molecule has 1 saturated heterocycles. The summed E-state index contributed by atoms with van der Waals surface area (Å²) in [7, 11) is 0. The van der Waals surface area contributed by atoms with Gasteiger partial charge in [0, 0.05) is 32.1 Å². The Morgan fingerprint density at radius 2 is 1.88 bits per heavy atom. The van der Waals surface area contributed by atoms with Crippen LogP contribution >= 0.6 is 0 Å². The summed E-state index contributed by atoms with van der Waals surface area (Å²) in [4.78, 5) is 47.0. The second-order valence-electron chi connectivity index (χ2n) is 15.1. The number of nitrogens with two attached hydrogens (primary N) is 1. The number of phenolic OH excluding ortho intramolecular Hbond substituents is 1. The predicted octanol–water partition coefficient (Wildman–Crippen LogP) is 3.79. The largest absolute Gasteiger partial charge is 0.508 e. The molecule has 3 amide bonds. The Morgan fingerprint density at radius 1 is 1.12 bits per heavy atom. The van der Waals surface area contributed by atoms with Crippen LogP contribution in [-0.2, 0) is 31.6 Å². The Balaban J connectivity index is 1.21. The third-order valence-corrected chi connectivity index (χ3v) is 11.4. The van der Waals surface area contributed by atoms with E-state index in [1.54, 1.807) is 6.07 Å². The number of hydrogen-bond donors (Lipinski definition) is 5. The number of aliphatic imine (C=N–C) groups is 1. The topological polar surface area (TPSA) is 149 Å². The number of nitrogens with one attached hydrogen (secondary N) is 3. The van der Waals surface area contributed by atoms with Crippen LogP contribution in [0.4, 0.5) is 0 Å². The van der Waals surface area contributed by atoms with Gasteiger partial charge >= 0.3 is 0 Å². The van der Waals surface area contributed by atoms with Crippen LogP contribution in [0.2, 0.25) is 0 Å². The molecule has 1 heterocycles. The van der Waals surface area contributed by atoms with Crippen molar-refractivity contribution in [3.63, 3.8) is 0 Å². The first kappa shape index (κ1) is 36.4. The van der Waals surface area contributed by atoms with Gasteiger partial charge in [0.1, 0.15) is 11.8 Å². The number of rotatable bonds is 15. The Kier molecular flexibility index (Phi) is 11.4. The van der Waals surface area contributed by atoms with Gasteiger partial charge in [-0.1, -0.05) is 71.0 Å². The van der Waals surface area contributed by atoms with E-state index < -0.39 is 11.5 Å². The molecule has 2 aromatic rings. The third kappa shape index (κ3) is 7.95. The van der Waals surface area contributed by atoms with Crippen molar-refractivity contribution in [1.29, 1.82) is 0 Å². The maximum Gasteiger partial charge on any atom is 0.242 e. The van der Waals surface area contributed by atoms with E-state index in [9.17, 15) is 19.5 Å². The van der Waals surface area contributed by atoms with Gasteiger partial charge in [0.15, 0.2) is 0 Å². The number of hydrogen-bond acceptors (Lipinski definition) is 6. The Bertz CT molecular complexity index is 1530. The van der Waals surface area contributed by atoms with Gasteiger partial charge in [-0.25, -0.2) is 0 Å². The summed E-state index contributed by atoms with van der Waals surface area (Å²) in [5.74, 6) is 0.866. The molecule has 4 unspecified atom stereocenters. The van der Waals surface area contributed by atoms with Gasteiger partial charge in [-0.05, 0) is 90.6 Å². The fourth-order valence-corrected chi connectivity index (χ4v) is 8.27. The summed E-state index contributed by atoms with van der Waals surface area (Å²) in [5, 5.41) is 19.0. The van der Waals surface area contributed by atoms with Crippen LogP contribution in [0.25, 0.3) is 0 Å². The number of amidine groups is 1. The summed E-state index contributed by atoms with van der Waals surface area (Å²) in [6.45, 7) is 13.1. The normalized spacial score (nSPS) is 26.8. The predicted molar refractivity (Wildman–Crippen MR) is 193 cm³/mol. The van der Waals surface area contributed by atoms with Crippen LogP contribution in [0, 0.1) is 17.8 Å². The van der Waals surface area contributed by atoms with E-state index in [2.05, 4.69) is 45.8 Å². The Hall–Kier alpha value is -3.92. The highest BCUT2D eigenvalue weighted by atomic mass is 16.3. The molecule has 10 nitrogen and oxygen atoms in total. The number of aromatic hydroxyl groups is 1. The summed E-state index contributed by atoms with van der Waals surface area (Å²) >= 11 is 0. The van der Waals surface area contributed by atoms with Crippen molar-refractivity contribution in [2.24, 2.45) is 28.5 Å². The van der Waals surface area contributed by atoms with Crippen LogP contribution in [0.5, 0.6) is 5.75 Å². The van der Waals surface area contributed by atoms with Crippen molar-refractivity contribution in [2.75, 3.05) is 32.7 Å². The van der Waals surface area contributed by atoms with Gasteiger partial charge < -0.3 is 26.8 Å². The Morgan fingerprint density at radius 3 is 2.59 bits per heavy atom. The molecule has 5 rings (SSSR count).